The Kier molecular flexibility index (Phi) is 3.63. The van der Waals surface area contributed by atoms with Crippen molar-refractivity contribution >= 4 is 22.5 Å². The number of amides is 1. The number of hydrogen-bond donors (Lipinski definition) is 2. The largest absolute Gasteiger partial charge is 0.361 e. The Balaban J connectivity index is 1.82. The minimum Gasteiger partial charge on any atom is -0.361 e. The molecular weight excluding hydrogens is 274 g/mol. The van der Waals surface area contributed by atoms with Gasteiger partial charge in [0, 0.05) is 17.1 Å². The molecule has 0 spiro atoms. The van der Waals surface area contributed by atoms with Gasteiger partial charge in [-0.25, -0.2) is 0 Å². The first-order valence-electron chi connectivity index (χ1n) is 7.03. The summed E-state index contributed by atoms with van der Waals surface area (Å²) in [4.78, 5) is 15.5. The van der Waals surface area contributed by atoms with E-state index in [0.29, 0.717) is 11.3 Å². The minimum atomic E-state index is -0.134. The number of hydrogen-bond acceptors (Lipinski definition) is 2. The topological polar surface area (TPSA) is 68.7 Å². The second kappa shape index (κ2) is 5.74. The molecule has 0 saturated carbocycles. The summed E-state index contributed by atoms with van der Waals surface area (Å²) in [6.07, 6.45) is 2.14. The maximum Gasteiger partial charge on any atom is 0.228 e. The van der Waals surface area contributed by atoms with Crippen LogP contribution in [0.1, 0.15) is 16.7 Å². The van der Waals surface area contributed by atoms with Crippen molar-refractivity contribution in [3.63, 3.8) is 0 Å². The number of fused-ring (bicyclic) bond motifs is 1. The highest BCUT2D eigenvalue weighted by Gasteiger charge is 2.11. The maximum atomic E-state index is 12.2. The molecule has 1 amide bonds. The maximum absolute atomic E-state index is 12.2. The number of benzene rings is 2. The van der Waals surface area contributed by atoms with Crippen molar-refractivity contribution in [2.45, 2.75) is 13.3 Å². The molecule has 2 aromatic carbocycles. The molecule has 1 aromatic heterocycles. The molecule has 108 valence electrons. The summed E-state index contributed by atoms with van der Waals surface area (Å²) < 4.78 is 0. The number of carbonyl (C=O) groups excluding carboxylic acids is 1. The highest BCUT2D eigenvalue weighted by Crippen LogP contribution is 2.22. The van der Waals surface area contributed by atoms with Gasteiger partial charge in [0.2, 0.25) is 5.91 Å². The molecule has 0 unspecified atom stereocenters. The number of rotatable bonds is 3. The first-order valence-corrected chi connectivity index (χ1v) is 7.03. The van der Waals surface area contributed by atoms with E-state index in [1.807, 2.05) is 31.3 Å². The summed E-state index contributed by atoms with van der Waals surface area (Å²) in [6, 6.07) is 15.1. The second-order valence-corrected chi connectivity index (χ2v) is 5.19. The van der Waals surface area contributed by atoms with Crippen molar-refractivity contribution in [3.05, 3.63) is 65.4 Å². The smallest absolute Gasteiger partial charge is 0.228 e. The van der Waals surface area contributed by atoms with Crippen LogP contribution in [0.4, 0.5) is 5.69 Å². The van der Waals surface area contributed by atoms with Gasteiger partial charge in [0.05, 0.1) is 17.7 Å². The Morgan fingerprint density at radius 1 is 1.23 bits per heavy atom. The lowest BCUT2D eigenvalue weighted by molar-refractivity contribution is -0.115. The molecule has 1 heterocycles. The zero-order valence-corrected chi connectivity index (χ0v) is 12.2. The van der Waals surface area contributed by atoms with Crippen LogP contribution in [0, 0.1) is 18.3 Å². The lowest BCUT2D eigenvalue weighted by atomic mass is 10.1. The lowest BCUT2D eigenvalue weighted by Crippen LogP contribution is -2.15. The normalized spacial score (nSPS) is 10.4. The van der Waals surface area contributed by atoms with Crippen LogP contribution in [-0.4, -0.2) is 10.9 Å². The molecule has 3 aromatic rings. The molecule has 0 aliphatic rings. The number of nitrogens with one attached hydrogen (secondary N) is 2. The summed E-state index contributed by atoms with van der Waals surface area (Å²) in [7, 11) is 0. The Morgan fingerprint density at radius 2 is 2.05 bits per heavy atom. The van der Waals surface area contributed by atoms with Crippen LogP contribution in [0.15, 0.2) is 48.7 Å². The van der Waals surface area contributed by atoms with E-state index in [-0.39, 0.29) is 12.3 Å². The summed E-state index contributed by atoms with van der Waals surface area (Å²) in [5.74, 6) is -0.134. The van der Waals surface area contributed by atoms with E-state index in [1.54, 1.807) is 24.3 Å². The molecule has 0 bridgehead atoms. The molecule has 0 aliphatic carbocycles. The van der Waals surface area contributed by atoms with E-state index in [9.17, 15) is 4.79 Å². The van der Waals surface area contributed by atoms with E-state index in [2.05, 4.69) is 16.4 Å². The van der Waals surface area contributed by atoms with Gasteiger partial charge in [-0.2, -0.15) is 5.26 Å². The highest BCUT2D eigenvalue weighted by molar-refractivity contribution is 5.97. The number of aryl methyl sites for hydroxylation is 1. The molecule has 22 heavy (non-hydrogen) atoms. The number of nitrogens with zero attached hydrogens (tertiary/aromatic N) is 1. The first-order chi connectivity index (χ1) is 10.7. The van der Waals surface area contributed by atoms with Gasteiger partial charge < -0.3 is 10.3 Å². The number of H-pyrrole nitrogens is 1. The third-order valence-electron chi connectivity index (χ3n) is 3.68. The molecular formula is C18H15N3O. The lowest BCUT2D eigenvalue weighted by Gasteiger charge is -2.06. The molecule has 0 atom stereocenters. The van der Waals surface area contributed by atoms with E-state index in [0.717, 1.165) is 22.0 Å². The molecule has 0 radical (unpaired) electrons. The van der Waals surface area contributed by atoms with Gasteiger partial charge in [-0.15, -0.1) is 0 Å². The first kappa shape index (κ1) is 13.9. The summed E-state index contributed by atoms with van der Waals surface area (Å²) in [6.45, 7) is 2.03. The van der Waals surface area contributed by atoms with Gasteiger partial charge in [0.15, 0.2) is 0 Å². The molecule has 4 nitrogen and oxygen atoms in total. The van der Waals surface area contributed by atoms with Crippen LogP contribution >= 0.6 is 0 Å². The number of nitriles is 1. The van der Waals surface area contributed by atoms with Crippen molar-refractivity contribution in [1.82, 2.24) is 4.98 Å². The molecule has 0 aliphatic heterocycles. The van der Waals surface area contributed by atoms with Gasteiger partial charge in [-0.3, -0.25) is 4.79 Å². The zero-order valence-electron chi connectivity index (χ0n) is 12.2. The zero-order chi connectivity index (χ0) is 15.5. The van der Waals surface area contributed by atoms with Crippen molar-refractivity contribution < 1.29 is 4.79 Å². The van der Waals surface area contributed by atoms with E-state index in [4.69, 9.17) is 5.26 Å². The van der Waals surface area contributed by atoms with E-state index >= 15 is 0 Å². The monoisotopic (exact) mass is 289 g/mol. The van der Waals surface area contributed by atoms with Crippen molar-refractivity contribution in [3.8, 4) is 6.07 Å². The quantitative estimate of drug-likeness (QED) is 0.774. The van der Waals surface area contributed by atoms with Crippen molar-refractivity contribution in [2.75, 3.05) is 5.32 Å². The van der Waals surface area contributed by atoms with Crippen LogP contribution in [0.5, 0.6) is 0 Å². The minimum absolute atomic E-state index is 0.134. The fourth-order valence-corrected chi connectivity index (χ4v) is 2.57. The summed E-state index contributed by atoms with van der Waals surface area (Å²) >= 11 is 0. The fraction of sp³-hybridized carbons (Fsp3) is 0.111. The molecule has 0 saturated heterocycles. The SMILES string of the molecule is Cc1cccc2c(CC(=O)Nc3ccccc3C#N)c[nH]c12. The van der Waals surface area contributed by atoms with Crippen molar-refractivity contribution in [1.29, 1.82) is 5.26 Å². The Hall–Kier alpha value is -3.06. The van der Waals surface area contributed by atoms with E-state index < -0.39 is 0 Å². The Morgan fingerprint density at radius 3 is 2.86 bits per heavy atom. The number of carbonyl (C=O) groups is 1. The van der Waals surface area contributed by atoms with Gasteiger partial charge >= 0.3 is 0 Å². The average molecular weight is 289 g/mol. The summed E-state index contributed by atoms with van der Waals surface area (Å²) in [5, 5.41) is 12.9. The number of aromatic amines is 1. The Bertz CT molecular complexity index is 887. The van der Waals surface area contributed by atoms with Gasteiger partial charge in [-0.05, 0) is 30.2 Å². The highest BCUT2D eigenvalue weighted by atomic mass is 16.1. The van der Waals surface area contributed by atoms with Gasteiger partial charge in [0.1, 0.15) is 6.07 Å². The predicted octanol–water partition coefficient (Wildman–Crippen LogP) is 3.53. The van der Waals surface area contributed by atoms with Crippen LogP contribution in [-0.2, 0) is 11.2 Å². The molecule has 4 heteroatoms. The van der Waals surface area contributed by atoms with Crippen LogP contribution in [0.2, 0.25) is 0 Å². The fourth-order valence-electron chi connectivity index (χ4n) is 2.57. The van der Waals surface area contributed by atoms with Gasteiger partial charge in [0.25, 0.3) is 0 Å². The molecule has 3 rings (SSSR count). The summed E-state index contributed by atoms with van der Waals surface area (Å²) in [5.41, 5.74) is 4.17. The van der Waals surface area contributed by atoms with Crippen molar-refractivity contribution in [2.24, 2.45) is 0 Å². The number of anilines is 1. The van der Waals surface area contributed by atoms with E-state index in [1.165, 1.54) is 0 Å². The number of para-hydroxylation sites is 2. The molecule has 0 fully saturated rings. The average Bonchev–Trinajstić information content (AvgIpc) is 2.92. The third kappa shape index (κ3) is 2.57. The second-order valence-electron chi connectivity index (χ2n) is 5.19. The van der Waals surface area contributed by atoms with Crippen LogP contribution in [0.3, 0.4) is 0 Å². The Labute approximate surface area is 128 Å². The molecule has 2 N–H and O–H groups in total. The predicted molar refractivity (Wildman–Crippen MR) is 86.5 cm³/mol. The van der Waals surface area contributed by atoms with Gasteiger partial charge in [-0.1, -0.05) is 30.3 Å². The third-order valence-corrected chi connectivity index (χ3v) is 3.68. The van der Waals surface area contributed by atoms with Crippen LogP contribution < -0.4 is 5.32 Å². The van der Waals surface area contributed by atoms with Crippen LogP contribution in [0.25, 0.3) is 10.9 Å². The standard InChI is InChI=1S/C18H15N3O/c1-12-5-4-7-15-14(11-20-18(12)15)9-17(22)21-16-8-3-2-6-13(16)10-19/h2-8,11,20H,9H2,1H3,(H,21,22). The number of aromatic nitrogens is 1.